The van der Waals surface area contributed by atoms with Gasteiger partial charge in [0.2, 0.25) is 0 Å². The number of ether oxygens (including phenoxy) is 2. The Bertz CT molecular complexity index is 888. The standard InChI is InChI=1S/C18H18N4O2/c1-11-9-13(5-6-20-11)17-16(21-18(19)22-17)12-3-4-14-15(10-12)24-8-2-7-23-14/h3-6,9-10H,2,7-8H2,1H3,(H3,19,21,22). The highest BCUT2D eigenvalue weighted by molar-refractivity contribution is 5.80. The maximum absolute atomic E-state index is 5.92. The summed E-state index contributed by atoms with van der Waals surface area (Å²) in [5.74, 6) is 1.88. The number of nitrogens with two attached hydrogens (primary N) is 1. The van der Waals surface area contributed by atoms with E-state index in [4.69, 9.17) is 15.2 Å². The number of aryl methyl sites for hydroxylation is 1. The molecule has 0 spiro atoms. The van der Waals surface area contributed by atoms with Gasteiger partial charge < -0.3 is 20.2 Å². The normalized spacial score (nSPS) is 13.5. The first kappa shape index (κ1) is 14.6. The molecule has 0 saturated heterocycles. The summed E-state index contributed by atoms with van der Waals surface area (Å²) in [4.78, 5) is 11.9. The monoisotopic (exact) mass is 322 g/mol. The van der Waals surface area contributed by atoms with Crippen molar-refractivity contribution in [2.45, 2.75) is 13.3 Å². The number of pyridine rings is 1. The maximum atomic E-state index is 5.92. The molecule has 4 rings (SSSR count). The Labute approximate surface area is 139 Å². The minimum absolute atomic E-state index is 0.376. The first-order chi connectivity index (χ1) is 11.7. The van der Waals surface area contributed by atoms with Crippen molar-refractivity contribution in [1.29, 1.82) is 0 Å². The van der Waals surface area contributed by atoms with Crippen molar-refractivity contribution < 1.29 is 9.47 Å². The molecule has 1 aliphatic heterocycles. The quantitative estimate of drug-likeness (QED) is 0.756. The maximum Gasteiger partial charge on any atom is 0.198 e. The average molecular weight is 322 g/mol. The van der Waals surface area contributed by atoms with Gasteiger partial charge in [-0.3, -0.25) is 4.98 Å². The van der Waals surface area contributed by atoms with Crippen LogP contribution in [0.25, 0.3) is 22.5 Å². The molecule has 0 bridgehead atoms. The van der Waals surface area contributed by atoms with E-state index < -0.39 is 0 Å². The van der Waals surface area contributed by atoms with E-state index in [1.807, 2.05) is 37.3 Å². The number of hydrogen-bond acceptors (Lipinski definition) is 5. The minimum atomic E-state index is 0.376. The van der Waals surface area contributed by atoms with Crippen molar-refractivity contribution in [2.75, 3.05) is 18.9 Å². The lowest BCUT2D eigenvalue weighted by molar-refractivity contribution is 0.297. The molecule has 6 heteroatoms. The van der Waals surface area contributed by atoms with Crippen molar-refractivity contribution in [2.24, 2.45) is 0 Å². The Hall–Kier alpha value is -3.02. The predicted octanol–water partition coefficient (Wildman–Crippen LogP) is 3.19. The van der Waals surface area contributed by atoms with Crippen molar-refractivity contribution in [1.82, 2.24) is 15.0 Å². The van der Waals surface area contributed by atoms with E-state index in [1.165, 1.54) is 0 Å². The van der Waals surface area contributed by atoms with Crippen LogP contribution in [0.4, 0.5) is 5.95 Å². The second-order valence-electron chi connectivity index (χ2n) is 5.74. The molecule has 0 amide bonds. The fraction of sp³-hybridized carbons (Fsp3) is 0.222. The van der Waals surface area contributed by atoms with Crippen LogP contribution in [-0.4, -0.2) is 28.2 Å². The van der Waals surface area contributed by atoms with Crippen LogP contribution in [0.1, 0.15) is 12.1 Å². The van der Waals surface area contributed by atoms with Crippen LogP contribution in [0.5, 0.6) is 11.5 Å². The Morgan fingerprint density at radius 3 is 2.71 bits per heavy atom. The summed E-state index contributed by atoms with van der Waals surface area (Å²) >= 11 is 0. The van der Waals surface area contributed by atoms with Crippen LogP contribution in [-0.2, 0) is 0 Å². The number of nitrogens with one attached hydrogen (secondary N) is 1. The van der Waals surface area contributed by atoms with E-state index in [-0.39, 0.29) is 0 Å². The molecule has 0 atom stereocenters. The highest BCUT2D eigenvalue weighted by Crippen LogP contribution is 2.37. The number of aromatic nitrogens is 3. The van der Waals surface area contributed by atoms with Gasteiger partial charge >= 0.3 is 0 Å². The first-order valence-electron chi connectivity index (χ1n) is 7.89. The number of benzene rings is 1. The largest absolute Gasteiger partial charge is 0.490 e. The topological polar surface area (TPSA) is 86.1 Å². The molecule has 1 aromatic carbocycles. The molecular weight excluding hydrogens is 304 g/mol. The lowest BCUT2D eigenvalue weighted by atomic mass is 10.0. The number of aromatic amines is 1. The Morgan fingerprint density at radius 2 is 1.88 bits per heavy atom. The molecular formula is C18H18N4O2. The van der Waals surface area contributed by atoms with E-state index >= 15 is 0 Å². The molecule has 3 aromatic rings. The zero-order valence-corrected chi connectivity index (χ0v) is 13.4. The molecule has 122 valence electrons. The summed E-state index contributed by atoms with van der Waals surface area (Å²) in [6.07, 6.45) is 2.65. The van der Waals surface area contributed by atoms with Gasteiger partial charge in [-0.1, -0.05) is 0 Å². The van der Waals surface area contributed by atoms with Crippen molar-refractivity contribution >= 4 is 5.95 Å². The SMILES string of the molecule is Cc1cc(-c2[nH]c(N)nc2-c2ccc3c(c2)OCCCO3)ccn1. The van der Waals surface area contributed by atoms with Gasteiger partial charge in [0.05, 0.1) is 24.6 Å². The third-order valence-corrected chi connectivity index (χ3v) is 3.93. The number of rotatable bonds is 2. The van der Waals surface area contributed by atoms with Crippen LogP contribution in [0.15, 0.2) is 36.5 Å². The molecule has 1 aliphatic rings. The minimum Gasteiger partial charge on any atom is -0.490 e. The highest BCUT2D eigenvalue weighted by Gasteiger charge is 2.17. The number of nitrogens with zero attached hydrogens (tertiary/aromatic N) is 2. The zero-order chi connectivity index (χ0) is 16.5. The third-order valence-electron chi connectivity index (χ3n) is 3.93. The van der Waals surface area contributed by atoms with Gasteiger partial charge in [0.25, 0.3) is 0 Å². The molecule has 2 aromatic heterocycles. The van der Waals surface area contributed by atoms with Crippen LogP contribution in [0.3, 0.4) is 0 Å². The van der Waals surface area contributed by atoms with Crippen molar-refractivity contribution in [3.05, 3.63) is 42.2 Å². The van der Waals surface area contributed by atoms with Crippen LogP contribution in [0, 0.1) is 6.92 Å². The van der Waals surface area contributed by atoms with E-state index in [0.717, 1.165) is 46.1 Å². The molecule has 0 unspecified atom stereocenters. The molecule has 0 aliphatic carbocycles. The number of imidazole rings is 1. The number of anilines is 1. The van der Waals surface area contributed by atoms with Gasteiger partial charge in [0.1, 0.15) is 0 Å². The van der Waals surface area contributed by atoms with Crippen LogP contribution in [0.2, 0.25) is 0 Å². The number of fused-ring (bicyclic) bond motifs is 1. The smallest absolute Gasteiger partial charge is 0.198 e. The second-order valence-corrected chi connectivity index (χ2v) is 5.74. The van der Waals surface area contributed by atoms with Crippen molar-refractivity contribution in [3.8, 4) is 34.0 Å². The fourth-order valence-electron chi connectivity index (χ4n) is 2.82. The lowest BCUT2D eigenvalue weighted by Crippen LogP contribution is -1.97. The fourth-order valence-corrected chi connectivity index (χ4v) is 2.82. The third kappa shape index (κ3) is 2.67. The predicted molar refractivity (Wildman–Crippen MR) is 92.0 cm³/mol. The summed E-state index contributed by atoms with van der Waals surface area (Å²) in [5.41, 5.74) is 10.4. The van der Waals surface area contributed by atoms with Gasteiger partial charge in [-0.2, -0.15) is 0 Å². The summed E-state index contributed by atoms with van der Waals surface area (Å²) < 4.78 is 11.5. The van der Waals surface area contributed by atoms with Gasteiger partial charge in [0.15, 0.2) is 17.4 Å². The van der Waals surface area contributed by atoms with Gasteiger partial charge in [-0.05, 0) is 37.3 Å². The number of H-pyrrole nitrogens is 1. The molecule has 0 saturated carbocycles. The summed E-state index contributed by atoms with van der Waals surface area (Å²) in [5, 5.41) is 0. The first-order valence-corrected chi connectivity index (χ1v) is 7.89. The highest BCUT2D eigenvalue weighted by atomic mass is 16.5. The Morgan fingerprint density at radius 1 is 1.04 bits per heavy atom. The molecule has 24 heavy (non-hydrogen) atoms. The zero-order valence-electron chi connectivity index (χ0n) is 13.4. The van der Waals surface area contributed by atoms with E-state index in [0.29, 0.717) is 19.2 Å². The van der Waals surface area contributed by atoms with Gasteiger partial charge in [-0.15, -0.1) is 0 Å². The average Bonchev–Trinajstić information content (AvgIpc) is 2.82. The van der Waals surface area contributed by atoms with Gasteiger partial charge in [-0.25, -0.2) is 4.98 Å². The van der Waals surface area contributed by atoms with E-state index in [2.05, 4.69) is 15.0 Å². The molecule has 6 nitrogen and oxygen atoms in total. The van der Waals surface area contributed by atoms with E-state index in [1.54, 1.807) is 6.20 Å². The van der Waals surface area contributed by atoms with Gasteiger partial charge in [0, 0.05) is 29.4 Å². The van der Waals surface area contributed by atoms with Crippen LogP contribution < -0.4 is 15.2 Å². The summed E-state index contributed by atoms with van der Waals surface area (Å²) in [7, 11) is 0. The summed E-state index contributed by atoms with van der Waals surface area (Å²) in [6.45, 7) is 3.27. The molecule has 3 heterocycles. The molecule has 0 radical (unpaired) electrons. The second kappa shape index (κ2) is 5.88. The lowest BCUT2D eigenvalue weighted by Gasteiger charge is -2.09. The summed E-state index contributed by atoms with van der Waals surface area (Å²) in [6, 6.07) is 9.78. The Kier molecular flexibility index (Phi) is 3.57. The molecule has 3 N–H and O–H groups in total. The van der Waals surface area contributed by atoms with Crippen molar-refractivity contribution in [3.63, 3.8) is 0 Å². The Balaban J connectivity index is 1.81. The van der Waals surface area contributed by atoms with Crippen LogP contribution >= 0.6 is 0 Å². The molecule has 0 fully saturated rings. The van der Waals surface area contributed by atoms with E-state index in [9.17, 15) is 0 Å². The number of nitrogen functional groups attached to an aromatic ring is 1. The number of hydrogen-bond donors (Lipinski definition) is 2.